The van der Waals surface area contributed by atoms with E-state index >= 15 is 0 Å². The van der Waals surface area contributed by atoms with Gasteiger partial charge in [0.15, 0.2) is 0 Å². The molecule has 1 aliphatic rings. The average Bonchev–Trinajstić information content (AvgIpc) is 3.10. The minimum Gasteiger partial charge on any atom is -0.323 e. The Bertz CT molecular complexity index is 798. The van der Waals surface area contributed by atoms with E-state index in [1.54, 1.807) is 24.0 Å². The third-order valence-corrected chi connectivity index (χ3v) is 4.81. The first-order valence-electron chi connectivity index (χ1n) is 7.18. The molecule has 0 saturated carbocycles. The molecule has 0 saturated heterocycles. The number of halogens is 1. The third kappa shape index (κ3) is 3.63. The number of anilines is 2. The molecular formula is C17H15ClN2O2S. The summed E-state index contributed by atoms with van der Waals surface area (Å²) in [5.41, 5.74) is 2.74. The van der Waals surface area contributed by atoms with Gasteiger partial charge in [0.25, 0.3) is 0 Å². The van der Waals surface area contributed by atoms with E-state index in [2.05, 4.69) is 5.32 Å². The van der Waals surface area contributed by atoms with E-state index in [9.17, 15) is 9.59 Å². The van der Waals surface area contributed by atoms with E-state index in [4.69, 9.17) is 11.6 Å². The van der Waals surface area contributed by atoms with E-state index < -0.39 is 0 Å². The molecule has 2 amide bonds. The Morgan fingerprint density at radius 2 is 2.13 bits per heavy atom. The molecule has 0 fully saturated rings. The van der Waals surface area contributed by atoms with Crippen LogP contribution in [0, 0.1) is 0 Å². The van der Waals surface area contributed by atoms with Crippen LogP contribution in [0.4, 0.5) is 11.4 Å². The van der Waals surface area contributed by atoms with Crippen LogP contribution in [-0.4, -0.2) is 18.4 Å². The smallest absolute Gasteiger partial charge is 0.248 e. The Labute approximate surface area is 143 Å². The number of amides is 2. The van der Waals surface area contributed by atoms with Crippen LogP contribution < -0.4 is 10.2 Å². The van der Waals surface area contributed by atoms with Crippen LogP contribution in [-0.2, 0) is 16.0 Å². The summed E-state index contributed by atoms with van der Waals surface area (Å²) in [6, 6.07) is 9.27. The van der Waals surface area contributed by atoms with Crippen molar-refractivity contribution in [2.45, 2.75) is 13.3 Å². The highest BCUT2D eigenvalue weighted by atomic mass is 35.5. The summed E-state index contributed by atoms with van der Waals surface area (Å²) in [6.07, 6.45) is 4.02. The number of thiophene rings is 1. The van der Waals surface area contributed by atoms with Crippen LogP contribution in [0.1, 0.15) is 17.4 Å². The average molecular weight is 347 g/mol. The molecule has 0 atom stereocenters. The van der Waals surface area contributed by atoms with Crippen molar-refractivity contribution in [3.8, 4) is 0 Å². The van der Waals surface area contributed by atoms with Crippen molar-refractivity contribution < 1.29 is 9.59 Å². The van der Waals surface area contributed by atoms with Gasteiger partial charge in [0, 0.05) is 35.8 Å². The largest absolute Gasteiger partial charge is 0.323 e. The predicted molar refractivity (Wildman–Crippen MR) is 95.2 cm³/mol. The highest BCUT2D eigenvalue weighted by Crippen LogP contribution is 2.30. The van der Waals surface area contributed by atoms with Gasteiger partial charge in [0.1, 0.15) is 0 Å². The second-order valence-electron chi connectivity index (χ2n) is 5.23. The third-order valence-electron chi connectivity index (χ3n) is 3.62. The van der Waals surface area contributed by atoms with Crippen molar-refractivity contribution in [1.29, 1.82) is 0 Å². The van der Waals surface area contributed by atoms with Crippen molar-refractivity contribution in [2.75, 3.05) is 16.8 Å². The quantitative estimate of drug-likeness (QED) is 0.855. The zero-order valence-corrected chi connectivity index (χ0v) is 14.1. The number of carbonyl (C=O) groups is 2. The van der Waals surface area contributed by atoms with Gasteiger partial charge in [-0.25, -0.2) is 0 Å². The number of rotatable bonds is 3. The van der Waals surface area contributed by atoms with E-state index in [-0.39, 0.29) is 11.8 Å². The standard InChI is InChI=1S/C17H15ClN2O2S/c1-11(21)20-9-8-12-10-13(2-5-15(12)20)19-17(22)7-4-14-3-6-16(18)23-14/h2-7,10H,8-9H2,1H3,(H,19,22)/b7-4+. The molecule has 0 bridgehead atoms. The fraction of sp³-hybridized carbons (Fsp3) is 0.176. The van der Waals surface area contributed by atoms with Crippen LogP contribution in [0.25, 0.3) is 6.08 Å². The summed E-state index contributed by atoms with van der Waals surface area (Å²) in [6.45, 7) is 2.26. The highest BCUT2D eigenvalue weighted by molar-refractivity contribution is 7.17. The number of hydrogen-bond donors (Lipinski definition) is 1. The Hall–Kier alpha value is -2.11. The molecule has 118 valence electrons. The lowest BCUT2D eigenvalue weighted by molar-refractivity contribution is -0.116. The molecule has 0 aliphatic carbocycles. The number of nitrogens with zero attached hydrogens (tertiary/aromatic N) is 1. The first-order chi connectivity index (χ1) is 11.0. The topological polar surface area (TPSA) is 49.4 Å². The molecule has 2 heterocycles. The molecule has 1 aromatic heterocycles. The minimum atomic E-state index is -0.198. The monoisotopic (exact) mass is 346 g/mol. The van der Waals surface area contributed by atoms with Crippen LogP contribution in [0.2, 0.25) is 4.34 Å². The van der Waals surface area contributed by atoms with Crippen LogP contribution in [0.3, 0.4) is 0 Å². The van der Waals surface area contributed by atoms with Gasteiger partial charge in [-0.15, -0.1) is 11.3 Å². The SMILES string of the molecule is CC(=O)N1CCc2cc(NC(=O)/C=C/c3ccc(Cl)s3)ccc21. The Morgan fingerprint density at radius 3 is 2.83 bits per heavy atom. The number of carbonyl (C=O) groups excluding carboxylic acids is 2. The molecule has 2 aromatic rings. The number of benzene rings is 1. The van der Waals surface area contributed by atoms with Crippen LogP contribution in [0.5, 0.6) is 0 Å². The maximum Gasteiger partial charge on any atom is 0.248 e. The normalized spacial score (nSPS) is 13.4. The van der Waals surface area contributed by atoms with E-state index in [0.29, 0.717) is 10.9 Å². The van der Waals surface area contributed by atoms with Crippen LogP contribution >= 0.6 is 22.9 Å². The Kier molecular flexibility index (Phi) is 4.50. The number of hydrogen-bond acceptors (Lipinski definition) is 3. The van der Waals surface area contributed by atoms with Gasteiger partial charge in [-0.1, -0.05) is 11.6 Å². The number of nitrogens with one attached hydrogen (secondary N) is 1. The molecule has 1 aliphatic heterocycles. The van der Waals surface area contributed by atoms with Crippen molar-refractivity contribution in [1.82, 2.24) is 0 Å². The second kappa shape index (κ2) is 6.56. The van der Waals surface area contributed by atoms with Gasteiger partial charge in [0.05, 0.1) is 4.34 Å². The lowest BCUT2D eigenvalue weighted by atomic mass is 10.1. The van der Waals surface area contributed by atoms with E-state index in [0.717, 1.165) is 28.2 Å². The van der Waals surface area contributed by atoms with E-state index in [1.165, 1.54) is 17.4 Å². The fourth-order valence-electron chi connectivity index (χ4n) is 2.57. The second-order valence-corrected chi connectivity index (χ2v) is 6.98. The Morgan fingerprint density at radius 1 is 1.30 bits per heavy atom. The molecule has 1 aromatic carbocycles. The van der Waals surface area contributed by atoms with Crippen molar-refractivity contribution in [3.05, 3.63) is 51.2 Å². The Balaban J connectivity index is 1.68. The minimum absolute atomic E-state index is 0.0399. The summed E-state index contributed by atoms with van der Waals surface area (Å²) < 4.78 is 0.693. The molecule has 0 radical (unpaired) electrons. The summed E-state index contributed by atoms with van der Waals surface area (Å²) in [5.74, 6) is -0.158. The van der Waals surface area contributed by atoms with Crippen molar-refractivity contribution >= 4 is 52.2 Å². The molecule has 23 heavy (non-hydrogen) atoms. The zero-order chi connectivity index (χ0) is 16.4. The molecule has 6 heteroatoms. The zero-order valence-electron chi connectivity index (χ0n) is 12.5. The molecule has 3 rings (SSSR count). The van der Waals surface area contributed by atoms with Gasteiger partial charge >= 0.3 is 0 Å². The molecule has 4 nitrogen and oxygen atoms in total. The first kappa shape index (κ1) is 15.8. The number of fused-ring (bicyclic) bond motifs is 1. The van der Waals surface area contributed by atoms with Gasteiger partial charge in [-0.2, -0.15) is 0 Å². The van der Waals surface area contributed by atoms with Crippen LogP contribution in [0.15, 0.2) is 36.4 Å². The summed E-state index contributed by atoms with van der Waals surface area (Å²) >= 11 is 7.27. The maximum absolute atomic E-state index is 12.0. The molecule has 1 N–H and O–H groups in total. The lowest BCUT2D eigenvalue weighted by Gasteiger charge is -2.14. The fourth-order valence-corrected chi connectivity index (χ4v) is 3.53. The summed E-state index contributed by atoms with van der Waals surface area (Å²) in [5, 5.41) is 2.84. The summed E-state index contributed by atoms with van der Waals surface area (Å²) in [4.78, 5) is 26.2. The highest BCUT2D eigenvalue weighted by Gasteiger charge is 2.22. The van der Waals surface area contributed by atoms with Gasteiger partial charge in [-0.3, -0.25) is 9.59 Å². The van der Waals surface area contributed by atoms with Gasteiger partial charge < -0.3 is 10.2 Å². The van der Waals surface area contributed by atoms with E-state index in [1.807, 2.05) is 24.3 Å². The van der Waals surface area contributed by atoms with Gasteiger partial charge in [0.2, 0.25) is 11.8 Å². The maximum atomic E-state index is 12.0. The lowest BCUT2D eigenvalue weighted by Crippen LogP contribution is -2.25. The molecule has 0 unspecified atom stereocenters. The molecule has 0 spiro atoms. The van der Waals surface area contributed by atoms with Crippen molar-refractivity contribution in [2.24, 2.45) is 0 Å². The first-order valence-corrected chi connectivity index (χ1v) is 8.38. The molecular weight excluding hydrogens is 332 g/mol. The van der Waals surface area contributed by atoms with Gasteiger partial charge in [-0.05, 0) is 48.4 Å². The predicted octanol–water partition coefficient (Wildman–Crippen LogP) is 3.96. The summed E-state index contributed by atoms with van der Waals surface area (Å²) in [7, 11) is 0. The van der Waals surface area contributed by atoms with Crippen molar-refractivity contribution in [3.63, 3.8) is 0 Å².